The van der Waals surface area contributed by atoms with E-state index in [1.54, 1.807) is 4.68 Å². The average molecular weight is 462 g/mol. The molecule has 1 heterocycles. The predicted octanol–water partition coefficient (Wildman–Crippen LogP) is 7.24. The predicted molar refractivity (Wildman–Crippen MR) is 136 cm³/mol. The molecule has 0 N–H and O–H groups in total. The second kappa shape index (κ2) is 9.22. The Bertz CT molecular complexity index is 1130. The van der Waals surface area contributed by atoms with Crippen LogP contribution in [0.1, 0.15) is 60.1 Å². The number of nitriles is 1. The molecule has 1 saturated carbocycles. The lowest BCUT2D eigenvalue weighted by atomic mass is 10.2. The van der Waals surface area contributed by atoms with E-state index in [0.717, 1.165) is 34.7 Å². The van der Waals surface area contributed by atoms with Gasteiger partial charge in [-0.15, -0.1) is 0 Å². The summed E-state index contributed by atoms with van der Waals surface area (Å²) in [6, 6.07) is 16.1. The number of nitrogens with zero attached hydrogens (tertiary/aromatic N) is 3. The number of fused-ring (bicyclic) bond motifs is 1. The van der Waals surface area contributed by atoms with Gasteiger partial charge in [-0.2, -0.15) is 10.4 Å². The van der Waals surface area contributed by atoms with Gasteiger partial charge in [-0.25, -0.2) is 4.68 Å². The van der Waals surface area contributed by atoms with Crippen LogP contribution in [0.15, 0.2) is 42.5 Å². The summed E-state index contributed by atoms with van der Waals surface area (Å²) >= 11 is 0. The van der Waals surface area contributed by atoms with Crippen molar-refractivity contribution in [2.24, 2.45) is 5.92 Å². The number of hydrogen-bond donors (Lipinski definition) is 0. The minimum atomic E-state index is -2.02. The Balaban J connectivity index is 1.62. The second-order valence-corrected chi connectivity index (χ2v) is 15.6. The molecule has 33 heavy (non-hydrogen) atoms. The van der Waals surface area contributed by atoms with Crippen molar-refractivity contribution in [2.45, 2.75) is 71.0 Å². The van der Waals surface area contributed by atoms with E-state index in [4.69, 9.17) is 14.3 Å². The Morgan fingerprint density at radius 3 is 2.12 bits per heavy atom. The van der Waals surface area contributed by atoms with E-state index in [1.165, 1.54) is 12.8 Å². The van der Waals surface area contributed by atoms with E-state index in [0.29, 0.717) is 28.2 Å². The smallest absolute Gasteiger partial charge is 0.258 e. The standard InChI is InChI=1S/C27H35N3O2Si/c1-18(2)33(19(3)4,20(5)6)32-23-11-9-22(10-12-23)30-27(16-28)25-14-13-24(15-26(25)29-30)31-17-21-7-8-21/h9-15,18-21H,7-8,17H2,1-6H3. The van der Waals surface area contributed by atoms with E-state index < -0.39 is 8.32 Å². The van der Waals surface area contributed by atoms with Gasteiger partial charge in [-0.3, -0.25) is 0 Å². The van der Waals surface area contributed by atoms with E-state index in [1.807, 2.05) is 42.5 Å². The third-order valence-corrected chi connectivity index (χ3v) is 13.0. The fourth-order valence-electron chi connectivity index (χ4n) is 5.16. The Kier molecular flexibility index (Phi) is 6.53. The number of rotatable bonds is 9. The molecule has 0 radical (unpaired) electrons. The van der Waals surface area contributed by atoms with Gasteiger partial charge in [0.15, 0.2) is 5.69 Å². The third kappa shape index (κ3) is 4.52. The Morgan fingerprint density at radius 1 is 0.970 bits per heavy atom. The molecule has 4 rings (SSSR count). The van der Waals surface area contributed by atoms with Crippen molar-refractivity contribution in [1.29, 1.82) is 5.26 Å². The van der Waals surface area contributed by atoms with E-state index >= 15 is 0 Å². The van der Waals surface area contributed by atoms with Crippen LogP contribution < -0.4 is 9.16 Å². The van der Waals surface area contributed by atoms with E-state index in [2.05, 4.69) is 47.6 Å². The fraction of sp³-hybridized carbons (Fsp3) is 0.481. The molecule has 5 nitrogen and oxygen atoms in total. The van der Waals surface area contributed by atoms with Gasteiger partial charge in [-0.1, -0.05) is 41.5 Å². The highest BCUT2D eigenvalue weighted by atomic mass is 28.4. The summed E-state index contributed by atoms with van der Waals surface area (Å²) in [6.07, 6.45) is 2.51. The summed E-state index contributed by atoms with van der Waals surface area (Å²) in [7, 11) is -2.02. The van der Waals surface area contributed by atoms with Gasteiger partial charge < -0.3 is 9.16 Å². The van der Waals surface area contributed by atoms with Gasteiger partial charge in [0.05, 0.1) is 17.8 Å². The van der Waals surface area contributed by atoms with Crippen molar-refractivity contribution >= 4 is 19.2 Å². The molecule has 2 aromatic carbocycles. The van der Waals surface area contributed by atoms with Gasteiger partial charge in [0, 0.05) is 11.5 Å². The van der Waals surface area contributed by atoms with Crippen molar-refractivity contribution in [1.82, 2.24) is 9.78 Å². The monoisotopic (exact) mass is 461 g/mol. The summed E-state index contributed by atoms with van der Waals surface area (Å²) in [5, 5.41) is 15.4. The number of hydrogen-bond acceptors (Lipinski definition) is 4. The van der Waals surface area contributed by atoms with Crippen molar-refractivity contribution in [3.8, 4) is 23.3 Å². The van der Waals surface area contributed by atoms with Crippen LogP contribution in [0, 0.1) is 17.2 Å². The quantitative estimate of drug-likeness (QED) is 0.315. The van der Waals surface area contributed by atoms with Gasteiger partial charge in [0.1, 0.15) is 17.6 Å². The maximum absolute atomic E-state index is 9.85. The highest BCUT2D eigenvalue weighted by Crippen LogP contribution is 2.42. The van der Waals surface area contributed by atoms with Crippen LogP contribution in [0.4, 0.5) is 0 Å². The maximum Gasteiger partial charge on any atom is 0.258 e. The molecule has 3 aromatic rings. The van der Waals surface area contributed by atoms with Gasteiger partial charge in [-0.05, 0) is 71.8 Å². The lowest BCUT2D eigenvalue weighted by Gasteiger charge is -2.42. The average Bonchev–Trinajstić information content (AvgIpc) is 3.54. The molecule has 0 unspecified atom stereocenters. The summed E-state index contributed by atoms with van der Waals surface area (Å²) < 4.78 is 14.4. The molecule has 1 aliphatic rings. The van der Waals surface area contributed by atoms with Crippen molar-refractivity contribution < 1.29 is 9.16 Å². The molecule has 6 heteroatoms. The first kappa shape index (κ1) is 23.4. The van der Waals surface area contributed by atoms with E-state index in [-0.39, 0.29) is 0 Å². The molecule has 1 aliphatic carbocycles. The second-order valence-electron chi connectivity index (χ2n) is 10.2. The molecular weight excluding hydrogens is 426 g/mol. The lowest BCUT2D eigenvalue weighted by Crippen LogP contribution is -2.50. The SMILES string of the molecule is CC(C)[Si](Oc1ccc(-n2nc3cc(OCC4CC4)ccc3c2C#N)cc1)(C(C)C)C(C)C. The molecule has 0 atom stereocenters. The molecular formula is C27H35N3O2Si. The first-order valence-corrected chi connectivity index (χ1v) is 14.3. The van der Waals surface area contributed by atoms with E-state index in [9.17, 15) is 5.26 Å². The molecule has 0 bridgehead atoms. The highest BCUT2D eigenvalue weighted by molar-refractivity contribution is 6.78. The zero-order valence-corrected chi connectivity index (χ0v) is 21.6. The molecule has 0 saturated heterocycles. The van der Waals surface area contributed by atoms with Crippen LogP contribution in [0.5, 0.6) is 11.5 Å². The molecule has 0 aliphatic heterocycles. The minimum Gasteiger partial charge on any atom is -0.543 e. The maximum atomic E-state index is 9.85. The molecule has 1 fully saturated rings. The lowest BCUT2D eigenvalue weighted by molar-refractivity contribution is 0.300. The largest absolute Gasteiger partial charge is 0.543 e. The highest BCUT2D eigenvalue weighted by Gasteiger charge is 2.46. The Hall–Kier alpha value is -2.78. The first-order valence-electron chi connectivity index (χ1n) is 12.1. The van der Waals surface area contributed by atoms with Crippen molar-refractivity contribution in [2.75, 3.05) is 6.61 Å². The van der Waals surface area contributed by atoms with Crippen LogP contribution in [-0.4, -0.2) is 24.7 Å². The number of ether oxygens (including phenoxy) is 1. The topological polar surface area (TPSA) is 60.1 Å². The van der Waals surface area contributed by atoms with Crippen LogP contribution in [0.25, 0.3) is 16.6 Å². The molecule has 0 spiro atoms. The van der Waals surface area contributed by atoms with Crippen LogP contribution >= 0.6 is 0 Å². The summed E-state index contributed by atoms with van der Waals surface area (Å²) in [6.45, 7) is 14.5. The number of aromatic nitrogens is 2. The third-order valence-electron chi connectivity index (χ3n) is 7.02. The van der Waals surface area contributed by atoms with Crippen LogP contribution in [0.3, 0.4) is 0 Å². The molecule has 0 amide bonds. The Labute approximate surface area is 198 Å². The normalized spacial score (nSPS) is 14.3. The van der Waals surface area contributed by atoms with Gasteiger partial charge in [0.25, 0.3) is 8.32 Å². The molecule has 174 valence electrons. The van der Waals surface area contributed by atoms with Crippen molar-refractivity contribution in [3.05, 3.63) is 48.2 Å². The van der Waals surface area contributed by atoms with Gasteiger partial charge >= 0.3 is 0 Å². The Morgan fingerprint density at radius 2 is 1.58 bits per heavy atom. The minimum absolute atomic E-state index is 0.509. The van der Waals surface area contributed by atoms with Crippen LogP contribution in [-0.2, 0) is 0 Å². The zero-order valence-electron chi connectivity index (χ0n) is 20.6. The summed E-state index contributed by atoms with van der Waals surface area (Å²) in [4.78, 5) is 0. The first-order chi connectivity index (χ1) is 15.8. The summed E-state index contributed by atoms with van der Waals surface area (Å²) in [5.41, 5.74) is 3.68. The summed E-state index contributed by atoms with van der Waals surface area (Å²) in [5.74, 6) is 2.40. The van der Waals surface area contributed by atoms with Crippen LogP contribution in [0.2, 0.25) is 16.6 Å². The van der Waals surface area contributed by atoms with Gasteiger partial charge in [0.2, 0.25) is 0 Å². The molecule has 1 aromatic heterocycles. The number of benzene rings is 2. The fourth-order valence-corrected chi connectivity index (χ4v) is 10.4. The van der Waals surface area contributed by atoms with Crippen molar-refractivity contribution in [3.63, 3.8) is 0 Å². The zero-order chi connectivity index (χ0) is 23.8.